The maximum absolute atomic E-state index is 12.7. The molecule has 6 rings (SSSR count). The predicted octanol–water partition coefficient (Wildman–Crippen LogP) is 2.03. The summed E-state index contributed by atoms with van der Waals surface area (Å²) < 4.78 is 5.78. The molecule has 6 heteroatoms. The van der Waals surface area contributed by atoms with Gasteiger partial charge in [0.2, 0.25) is 17.7 Å². The molecule has 1 aliphatic carbocycles. The van der Waals surface area contributed by atoms with Crippen LogP contribution in [0.15, 0.2) is 41.0 Å². The first kappa shape index (κ1) is 14.5. The summed E-state index contributed by atoms with van der Waals surface area (Å²) in [5.74, 6) is -0.485. The first-order valence-electron chi connectivity index (χ1n) is 8.44. The lowest BCUT2D eigenvalue weighted by molar-refractivity contribution is -0.153. The number of carbonyl (C=O) groups excluding carboxylic acids is 3. The molecular formula is C19H16N2O4. The largest absolute Gasteiger partial charge is 0.447 e. The van der Waals surface area contributed by atoms with Crippen molar-refractivity contribution < 1.29 is 18.8 Å². The van der Waals surface area contributed by atoms with Gasteiger partial charge in [-0.3, -0.25) is 24.6 Å². The van der Waals surface area contributed by atoms with E-state index in [0.717, 1.165) is 16.7 Å². The fourth-order valence-corrected chi connectivity index (χ4v) is 4.29. The molecule has 1 aromatic heterocycles. The van der Waals surface area contributed by atoms with Crippen LogP contribution >= 0.6 is 0 Å². The van der Waals surface area contributed by atoms with Crippen LogP contribution in [-0.4, -0.2) is 23.3 Å². The van der Waals surface area contributed by atoms with E-state index < -0.39 is 5.54 Å². The van der Waals surface area contributed by atoms with Gasteiger partial charge in [-0.05, 0) is 24.8 Å². The fraction of sp³-hybridized carbons (Fsp3) is 0.316. The van der Waals surface area contributed by atoms with Crippen LogP contribution in [-0.2, 0) is 20.8 Å². The van der Waals surface area contributed by atoms with Crippen molar-refractivity contribution in [2.45, 2.75) is 31.2 Å². The molecule has 4 aliphatic rings. The monoisotopic (exact) mass is 336 g/mol. The third-order valence-corrected chi connectivity index (χ3v) is 5.62. The standard InChI is InChI=1S/C19H16N2O4/c22-15-7-6-13-14(11-4-2-1-3-5-11)10-25-17(13)21(15)19-8-12(9-19)16(23)20-18(19)24/h1-5,10,12H,6-9H2,(H,20,23,24). The van der Waals surface area contributed by atoms with Crippen LogP contribution in [0.1, 0.15) is 24.8 Å². The summed E-state index contributed by atoms with van der Waals surface area (Å²) in [6.07, 6.45) is 3.34. The number of carbonyl (C=O) groups is 3. The zero-order valence-corrected chi connectivity index (χ0v) is 13.5. The van der Waals surface area contributed by atoms with E-state index in [1.54, 1.807) is 6.26 Å². The number of nitrogens with zero attached hydrogens (tertiary/aromatic N) is 1. The van der Waals surface area contributed by atoms with Crippen molar-refractivity contribution in [1.82, 2.24) is 5.32 Å². The van der Waals surface area contributed by atoms with Crippen LogP contribution in [0.4, 0.5) is 5.88 Å². The summed E-state index contributed by atoms with van der Waals surface area (Å²) in [5.41, 5.74) is 1.95. The molecule has 6 nitrogen and oxygen atoms in total. The van der Waals surface area contributed by atoms with Gasteiger partial charge in [0.15, 0.2) is 0 Å². The Kier molecular flexibility index (Phi) is 2.78. The molecule has 1 N–H and O–H groups in total. The third-order valence-electron chi connectivity index (χ3n) is 5.62. The van der Waals surface area contributed by atoms with Crippen LogP contribution in [0.25, 0.3) is 11.1 Å². The number of nitrogens with one attached hydrogen (secondary N) is 1. The van der Waals surface area contributed by atoms with E-state index in [0.29, 0.717) is 31.6 Å². The molecule has 3 amide bonds. The van der Waals surface area contributed by atoms with Gasteiger partial charge < -0.3 is 4.42 Å². The first-order valence-corrected chi connectivity index (χ1v) is 8.44. The van der Waals surface area contributed by atoms with E-state index in [-0.39, 0.29) is 23.6 Å². The summed E-state index contributed by atoms with van der Waals surface area (Å²) in [7, 11) is 0. The number of hydrogen-bond acceptors (Lipinski definition) is 4. The van der Waals surface area contributed by atoms with E-state index in [4.69, 9.17) is 4.42 Å². The van der Waals surface area contributed by atoms with Crippen molar-refractivity contribution in [1.29, 1.82) is 0 Å². The van der Waals surface area contributed by atoms with Crippen LogP contribution in [0.5, 0.6) is 0 Å². The molecule has 1 saturated carbocycles. The van der Waals surface area contributed by atoms with Crippen LogP contribution in [0.3, 0.4) is 0 Å². The molecule has 0 atom stereocenters. The van der Waals surface area contributed by atoms with Gasteiger partial charge in [-0.15, -0.1) is 0 Å². The third kappa shape index (κ3) is 1.82. The number of benzene rings is 1. The summed E-state index contributed by atoms with van der Waals surface area (Å²) in [6, 6.07) is 9.85. The van der Waals surface area contributed by atoms with Crippen LogP contribution < -0.4 is 10.2 Å². The number of amides is 3. The van der Waals surface area contributed by atoms with Crippen LogP contribution in [0, 0.1) is 5.92 Å². The second-order valence-electron chi connectivity index (χ2n) is 6.98. The maximum Gasteiger partial charge on any atom is 0.253 e. The normalized spacial score (nSPS) is 27.6. The lowest BCUT2D eigenvalue weighted by Gasteiger charge is -2.54. The Morgan fingerprint density at radius 3 is 2.56 bits per heavy atom. The molecule has 126 valence electrons. The minimum absolute atomic E-state index is 0.121. The van der Waals surface area contributed by atoms with Crippen molar-refractivity contribution in [2.24, 2.45) is 5.92 Å². The first-order chi connectivity index (χ1) is 12.1. The topological polar surface area (TPSA) is 79.6 Å². The highest BCUT2D eigenvalue weighted by Gasteiger charge is 2.63. The van der Waals surface area contributed by atoms with E-state index in [9.17, 15) is 14.4 Å². The Morgan fingerprint density at radius 1 is 1.08 bits per heavy atom. The van der Waals surface area contributed by atoms with Gasteiger partial charge in [0.05, 0.1) is 0 Å². The highest BCUT2D eigenvalue weighted by Crippen LogP contribution is 2.51. The van der Waals surface area contributed by atoms with Crippen molar-refractivity contribution in [2.75, 3.05) is 4.90 Å². The molecule has 25 heavy (non-hydrogen) atoms. The summed E-state index contributed by atoms with van der Waals surface area (Å²) >= 11 is 0. The van der Waals surface area contributed by atoms with E-state index >= 15 is 0 Å². The minimum atomic E-state index is -0.976. The Hall–Kier alpha value is -2.89. The number of rotatable bonds is 2. The quantitative estimate of drug-likeness (QED) is 0.851. The number of imide groups is 1. The van der Waals surface area contributed by atoms with Gasteiger partial charge in [0, 0.05) is 23.5 Å². The Labute approximate surface area is 143 Å². The van der Waals surface area contributed by atoms with Gasteiger partial charge in [-0.2, -0.15) is 0 Å². The van der Waals surface area contributed by atoms with Crippen molar-refractivity contribution in [3.8, 4) is 11.1 Å². The van der Waals surface area contributed by atoms with Gasteiger partial charge >= 0.3 is 0 Å². The average Bonchev–Trinajstić information content (AvgIpc) is 2.99. The van der Waals surface area contributed by atoms with Gasteiger partial charge in [-0.1, -0.05) is 30.3 Å². The highest BCUT2D eigenvalue weighted by molar-refractivity contribution is 6.13. The van der Waals surface area contributed by atoms with Crippen LogP contribution in [0.2, 0.25) is 0 Å². The Bertz CT molecular complexity index is 909. The zero-order valence-electron chi connectivity index (χ0n) is 13.5. The molecule has 0 spiro atoms. The SMILES string of the molecule is O=C1NC(=O)C2(N3C(=O)CCc4c(-c5ccccc5)coc43)CC1C2. The van der Waals surface area contributed by atoms with Crippen molar-refractivity contribution >= 4 is 23.6 Å². The molecule has 1 aromatic carbocycles. The Morgan fingerprint density at radius 2 is 1.84 bits per heavy atom. The van der Waals surface area contributed by atoms with E-state index in [1.807, 2.05) is 30.3 Å². The number of fused-ring (bicyclic) bond motifs is 3. The fourth-order valence-electron chi connectivity index (χ4n) is 4.29. The number of hydrogen-bond donors (Lipinski definition) is 1. The van der Waals surface area contributed by atoms with Gasteiger partial charge in [0.25, 0.3) is 5.91 Å². The second-order valence-corrected chi connectivity index (χ2v) is 6.98. The lowest BCUT2D eigenvalue weighted by Crippen LogP contribution is -2.74. The molecule has 0 unspecified atom stereocenters. The van der Waals surface area contributed by atoms with Gasteiger partial charge in [0.1, 0.15) is 11.8 Å². The zero-order chi connectivity index (χ0) is 17.2. The minimum Gasteiger partial charge on any atom is -0.447 e. The van der Waals surface area contributed by atoms with E-state index in [2.05, 4.69) is 5.32 Å². The van der Waals surface area contributed by atoms with Gasteiger partial charge in [-0.25, -0.2) is 0 Å². The van der Waals surface area contributed by atoms with E-state index in [1.165, 1.54) is 4.90 Å². The molecular weight excluding hydrogens is 320 g/mol. The second kappa shape index (κ2) is 4.81. The lowest BCUT2D eigenvalue weighted by atomic mass is 9.63. The molecule has 3 fully saturated rings. The molecule has 2 aromatic rings. The maximum atomic E-state index is 12.7. The summed E-state index contributed by atoms with van der Waals surface area (Å²) in [5, 5.41) is 2.39. The number of furan rings is 1. The molecule has 0 radical (unpaired) electrons. The Balaban J connectivity index is 1.60. The molecule has 4 heterocycles. The number of anilines is 1. The van der Waals surface area contributed by atoms with Crippen molar-refractivity contribution in [3.05, 3.63) is 42.2 Å². The smallest absolute Gasteiger partial charge is 0.253 e. The summed E-state index contributed by atoms with van der Waals surface area (Å²) in [4.78, 5) is 38.4. The number of piperidine rings is 2. The van der Waals surface area contributed by atoms with Crippen molar-refractivity contribution in [3.63, 3.8) is 0 Å². The molecule has 2 saturated heterocycles. The summed E-state index contributed by atoms with van der Waals surface area (Å²) in [6.45, 7) is 0. The average molecular weight is 336 g/mol. The molecule has 3 aliphatic heterocycles. The predicted molar refractivity (Wildman–Crippen MR) is 88.6 cm³/mol. The molecule has 2 bridgehead atoms. The highest BCUT2D eigenvalue weighted by atomic mass is 16.4.